The van der Waals surface area contributed by atoms with Gasteiger partial charge in [-0.25, -0.2) is 0 Å². The summed E-state index contributed by atoms with van der Waals surface area (Å²) < 4.78 is 0. The maximum Gasteiger partial charge on any atom is 0.231 e. The second-order valence-corrected chi connectivity index (χ2v) is 4.37. The first-order valence-electron chi connectivity index (χ1n) is 4.16. The van der Waals surface area contributed by atoms with Crippen LogP contribution < -0.4 is 0 Å². The molecule has 0 saturated carbocycles. The Labute approximate surface area is 81.6 Å². The molecule has 0 saturated heterocycles. The average molecular weight is 183 g/mol. The van der Waals surface area contributed by atoms with E-state index in [1.54, 1.807) is 0 Å². The maximum atomic E-state index is 3.18. The van der Waals surface area contributed by atoms with E-state index in [1.165, 1.54) is 0 Å². The van der Waals surface area contributed by atoms with Crippen LogP contribution in [0.3, 0.4) is 0 Å². The molecule has 0 bridgehead atoms. The minimum atomic E-state index is -0.760. The molecule has 0 atom stereocenters. The van der Waals surface area contributed by atoms with Gasteiger partial charge in [0.2, 0.25) is 8.80 Å². The van der Waals surface area contributed by atoms with E-state index in [4.69, 9.17) is 0 Å². The monoisotopic (exact) mass is 183 g/mol. The molecular weight excluding hydrogens is 172 g/mol. The Bertz CT molecular complexity index is 370. The molecule has 1 aromatic carbocycles. The molecule has 0 nitrogen and oxygen atoms in total. The number of hydrogen-bond donors (Lipinski definition) is 0. The molecule has 1 radical (unpaired) electrons. The SMILES string of the molecule is CC#C[Si](C)C#Cc1ccccc1. The van der Waals surface area contributed by atoms with Gasteiger partial charge in [0.25, 0.3) is 0 Å². The molecule has 0 unspecified atom stereocenters. The zero-order chi connectivity index (χ0) is 9.52. The fourth-order valence-corrected chi connectivity index (χ4v) is 1.68. The molecule has 0 aliphatic heterocycles. The summed E-state index contributed by atoms with van der Waals surface area (Å²) in [6, 6.07) is 10.0. The summed E-state index contributed by atoms with van der Waals surface area (Å²) in [5.41, 5.74) is 7.35. The van der Waals surface area contributed by atoms with E-state index in [1.807, 2.05) is 37.3 Å². The Morgan fingerprint density at radius 1 is 1.08 bits per heavy atom. The van der Waals surface area contributed by atoms with Crippen LogP contribution >= 0.6 is 0 Å². The highest BCUT2D eigenvalue weighted by molar-refractivity contribution is 6.74. The minimum Gasteiger partial charge on any atom is -0.117 e. The first kappa shape index (κ1) is 9.64. The summed E-state index contributed by atoms with van der Waals surface area (Å²) in [6.45, 7) is 3.97. The van der Waals surface area contributed by atoms with Gasteiger partial charge in [-0.3, -0.25) is 0 Å². The van der Waals surface area contributed by atoms with E-state index in [9.17, 15) is 0 Å². The Morgan fingerprint density at radius 3 is 2.38 bits per heavy atom. The fourth-order valence-electron chi connectivity index (χ4n) is 0.906. The molecule has 0 N–H and O–H groups in total. The quantitative estimate of drug-likeness (QED) is 0.427. The molecule has 1 rings (SSSR count). The fraction of sp³-hybridized carbons (Fsp3) is 0.167. The largest absolute Gasteiger partial charge is 0.231 e. The van der Waals surface area contributed by atoms with Crippen molar-refractivity contribution in [3.05, 3.63) is 35.9 Å². The molecule has 1 aromatic rings. The molecule has 0 fully saturated rings. The predicted octanol–water partition coefficient (Wildman–Crippen LogP) is 2.26. The van der Waals surface area contributed by atoms with Crippen LogP contribution in [-0.2, 0) is 0 Å². The molecule has 13 heavy (non-hydrogen) atoms. The highest BCUT2D eigenvalue weighted by Crippen LogP contribution is 1.94. The first-order valence-corrected chi connectivity index (χ1v) is 6.16. The van der Waals surface area contributed by atoms with Gasteiger partial charge >= 0.3 is 0 Å². The van der Waals surface area contributed by atoms with Gasteiger partial charge in [0, 0.05) is 5.56 Å². The lowest BCUT2D eigenvalue weighted by Gasteiger charge is -1.87. The van der Waals surface area contributed by atoms with Gasteiger partial charge in [0.1, 0.15) is 0 Å². The minimum absolute atomic E-state index is 0.760. The molecule has 0 amide bonds. The third-order valence-electron chi connectivity index (χ3n) is 1.48. The van der Waals surface area contributed by atoms with Crippen LogP contribution in [0, 0.1) is 22.9 Å². The summed E-state index contributed by atoms with van der Waals surface area (Å²) in [7, 11) is -0.760. The van der Waals surface area contributed by atoms with Crippen molar-refractivity contribution in [2.45, 2.75) is 13.5 Å². The van der Waals surface area contributed by atoms with Crippen molar-refractivity contribution in [3.8, 4) is 22.9 Å². The second kappa shape index (κ2) is 5.25. The molecule has 0 spiro atoms. The van der Waals surface area contributed by atoms with Gasteiger partial charge in [-0.05, 0) is 25.6 Å². The smallest absolute Gasteiger partial charge is 0.117 e. The van der Waals surface area contributed by atoms with Crippen molar-refractivity contribution in [2.75, 3.05) is 0 Å². The lowest BCUT2D eigenvalue weighted by atomic mass is 10.2. The second-order valence-electron chi connectivity index (χ2n) is 2.62. The van der Waals surface area contributed by atoms with Crippen LogP contribution in [0.2, 0.25) is 6.55 Å². The van der Waals surface area contributed by atoms with Crippen LogP contribution in [0.15, 0.2) is 30.3 Å². The topological polar surface area (TPSA) is 0 Å². The normalized spacial score (nSPS) is 8.23. The Hall–Kier alpha value is -1.44. The van der Waals surface area contributed by atoms with E-state index < -0.39 is 8.80 Å². The summed E-state index contributed by atoms with van der Waals surface area (Å²) in [6.07, 6.45) is 0. The van der Waals surface area contributed by atoms with Crippen LogP contribution in [0.1, 0.15) is 12.5 Å². The van der Waals surface area contributed by atoms with Gasteiger partial charge < -0.3 is 0 Å². The number of rotatable bonds is 0. The van der Waals surface area contributed by atoms with Crippen molar-refractivity contribution in [1.82, 2.24) is 0 Å². The molecule has 63 valence electrons. The standard InChI is InChI=1S/C12H11Si/c1-3-10-13(2)11-9-12-7-5-4-6-8-12/h4-8H,1-2H3. The zero-order valence-corrected chi connectivity index (χ0v) is 8.89. The molecule has 1 heteroatoms. The molecule has 0 aliphatic rings. The van der Waals surface area contributed by atoms with Gasteiger partial charge in [-0.2, -0.15) is 0 Å². The van der Waals surface area contributed by atoms with Crippen molar-refractivity contribution in [1.29, 1.82) is 0 Å². The Balaban J connectivity index is 2.71. The number of hydrogen-bond acceptors (Lipinski definition) is 0. The van der Waals surface area contributed by atoms with Crippen LogP contribution in [-0.4, -0.2) is 8.80 Å². The van der Waals surface area contributed by atoms with E-state index in [0.717, 1.165) is 5.56 Å². The average Bonchev–Trinajstić information content (AvgIpc) is 2.17. The predicted molar refractivity (Wildman–Crippen MR) is 58.4 cm³/mol. The van der Waals surface area contributed by atoms with Crippen LogP contribution in [0.5, 0.6) is 0 Å². The molecular formula is C12H11Si. The summed E-state index contributed by atoms with van der Waals surface area (Å²) in [4.78, 5) is 0. The van der Waals surface area contributed by atoms with E-state index in [0.29, 0.717) is 0 Å². The third kappa shape index (κ3) is 3.65. The summed E-state index contributed by atoms with van der Waals surface area (Å²) in [5, 5.41) is 0. The Kier molecular flexibility index (Phi) is 3.89. The molecule has 0 heterocycles. The maximum absolute atomic E-state index is 3.18. The van der Waals surface area contributed by atoms with E-state index in [-0.39, 0.29) is 0 Å². The van der Waals surface area contributed by atoms with Gasteiger partial charge in [0.05, 0.1) is 0 Å². The van der Waals surface area contributed by atoms with Gasteiger partial charge in [0.15, 0.2) is 0 Å². The lowest BCUT2D eigenvalue weighted by molar-refractivity contribution is 1.65. The van der Waals surface area contributed by atoms with Crippen molar-refractivity contribution in [3.63, 3.8) is 0 Å². The van der Waals surface area contributed by atoms with Gasteiger partial charge in [-0.1, -0.05) is 24.1 Å². The van der Waals surface area contributed by atoms with Crippen LogP contribution in [0.4, 0.5) is 0 Å². The van der Waals surface area contributed by atoms with Crippen molar-refractivity contribution < 1.29 is 0 Å². The van der Waals surface area contributed by atoms with Gasteiger partial charge in [-0.15, -0.1) is 17.0 Å². The van der Waals surface area contributed by atoms with E-state index >= 15 is 0 Å². The third-order valence-corrected chi connectivity index (χ3v) is 2.61. The highest BCUT2D eigenvalue weighted by Gasteiger charge is 1.91. The zero-order valence-electron chi connectivity index (χ0n) is 7.89. The number of benzene rings is 1. The van der Waals surface area contributed by atoms with Crippen molar-refractivity contribution >= 4 is 8.80 Å². The van der Waals surface area contributed by atoms with Crippen LogP contribution in [0.25, 0.3) is 0 Å². The summed E-state index contributed by atoms with van der Waals surface area (Å²) in [5.74, 6) is 6.02. The molecule has 0 aromatic heterocycles. The highest BCUT2D eigenvalue weighted by atomic mass is 28.3. The Morgan fingerprint density at radius 2 is 1.77 bits per heavy atom. The first-order chi connectivity index (χ1) is 6.33. The van der Waals surface area contributed by atoms with Crippen molar-refractivity contribution in [2.24, 2.45) is 0 Å². The molecule has 0 aliphatic carbocycles. The van der Waals surface area contributed by atoms with E-state index in [2.05, 4.69) is 29.5 Å². The lowest BCUT2D eigenvalue weighted by Crippen LogP contribution is -1.98. The summed E-state index contributed by atoms with van der Waals surface area (Å²) >= 11 is 0.